The molecule has 0 spiro atoms. The van der Waals surface area contributed by atoms with Gasteiger partial charge in [-0.2, -0.15) is 0 Å². The van der Waals surface area contributed by atoms with Crippen LogP contribution in [0.25, 0.3) is 0 Å². The van der Waals surface area contributed by atoms with Crippen LogP contribution in [-0.4, -0.2) is 16.3 Å². The first-order chi connectivity index (χ1) is 7.25. The number of para-hydroxylation sites is 1. The van der Waals surface area contributed by atoms with Crippen LogP contribution in [0.4, 0.5) is 0 Å². The number of phenols is 1. The standard InChI is InChI=1S/C12H18ClNO2.ClH/c1-12(2,3)11(16)9(14)7-5-4-6-8(13)10(7)15;/h4-6,9,11,15-16H,14H2,1-3H3;1H/t9-,11-;/m1./s1. The number of rotatable bonds is 2. The normalized spacial score (nSPS) is 14.9. The van der Waals surface area contributed by atoms with Crippen molar-refractivity contribution >= 4 is 24.0 Å². The summed E-state index contributed by atoms with van der Waals surface area (Å²) in [4.78, 5) is 0. The second-order valence-corrected chi connectivity index (χ2v) is 5.42. The van der Waals surface area contributed by atoms with Crippen LogP contribution in [0.3, 0.4) is 0 Å². The summed E-state index contributed by atoms with van der Waals surface area (Å²) in [5.41, 5.74) is 6.04. The molecule has 98 valence electrons. The number of hydrogen-bond donors (Lipinski definition) is 3. The van der Waals surface area contributed by atoms with E-state index in [1.165, 1.54) is 0 Å². The summed E-state index contributed by atoms with van der Waals surface area (Å²) in [5.74, 6) is -0.0556. The predicted molar refractivity (Wildman–Crippen MR) is 72.8 cm³/mol. The van der Waals surface area contributed by atoms with Gasteiger partial charge in [-0.3, -0.25) is 0 Å². The van der Waals surface area contributed by atoms with Crippen LogP contribution in [0.2, 0.25) is 5.02 Å². The Bertz CT molecular complexity index is 377. The molecule has 4 N–H and O–H groups in total. The van der Waals surface area contributed by atoms with Gasteiger partial charge in [0.25, 0.3) is 0 Å². The summed E-state index contributed by atoms with van der Waals surface area (Å²) >= 11 is 5.79. The Labute approximate surface area is 113 Å². The molecule has 0 aliphatic rings. The van der Waals surface area contributed by atoms with Crippen molar-refractivity contribution in [1.29, 1.82) is 0 Å². The number of aromatic hydroxyl groups is 1. The molecule has 0 saturated heterocycles. The summed E-state index contributed by atoms with van der Waals surface area (Å²) in [7, 11) is 0. The average Bonchev–Trinajstić information content (AvgIpc) is 2.18. The SMILES string of the molecule is CC(C)(C)[C@H](O)[C@H](N)c1cccc(Cl)c1O.Cl. The van der Waals surface area contributed by atoms with Crippen molar-refractivity contribution in [2.75, 3.05) is 0 Å². The van der Waals surface area contributed by atoms with Crippen LogP contribution in [0.1, 0.15) is 32.4 Å². The van der Waals surface area contributed by atoms with E-state index in [1.807, 2.05) is 20.8 Å². The maximum Gasteiger partial charge on any atom is 0.139 e. The van der Waals surface area contributed by atoms with Crippen LogP contribution < -0.4 is 5.73 Å². The summed E-state index contributed by atoms with van der Waals surface area (Å²) in [5, 5.41) is 20.0. The van der Waals surface area contributed by atoms with Crippen LogP contribution in [0.15, 0.2) is 18.2 Å². The lowest BCUT2D eigenvalue weighted by molar-refractivity contribution is 0.0395. The minimum atomic E-state index is -0.753. The summed E-state index contributed by atoms with van der Waals surface area (Å²) < 4.78 is 0. The molecule has 0 amide bonds. The Balaban J connectivity index is 0.00000256. The fourth-order valence-corrected chi connectivity index (χ4v) is 1.69. The molecule has 0 radical (unpaired) electrons. The molecule has 0 aliphatic heterocycles. The fraction of sp³-hybridized carbons (Fsp3) is 0.500. The van der Waals surface area contributed by atoms with Gasteiger partial charge in [-0.1, -0.05) is 44.5 Å². The number of aliphatic hydroxyl groups excluding tert-OH is 1. The van der Waals surface area contributed by atoms with Gasteiger partial charge in [0.2, 0.25) is 0 Å². The molecular formula is C12H19Cl2NO2. The number of aliphatic hydroxyl groups is 1. The Morgan fingerprint density at radius 3 is 2.29 bits per heavy atom. The van der Waals surface area contributed by atoms with E-state index in [-0.39, 0.29) is 28.6 Å². The Hall–Kier alpha value is -0.480. The van der Waals surface area contributed by atoms with Gasteiger partial charge in [0.15, 0.2) is 0 Å². The van der Waals surface area contributed by atoms with Crippen molar-refractivity contribution in [3.63, 3.8) is 0 Å². The predicted octanol–water partition coefficient (Wildman–Crippen LogP) is 2.87. The second kappa shape index (κ2) is 5.91. The number of benzene rings is 1. The molecule has 17 heavy (non-hydrogen) atoms. The van der Waals surface area contributed by atoms with E-state index in [9.17, 15) is 10.2 Å². The van der Waals surface area contributed by atoms with Crippen molar-refractivity contribution in [2.24, 2.45) is 11.1 Å². The highest BCUT2D eigenvalue weighted by atomic mass is 35.5. The van der Waals surface area contributed by atoms with Crippen LogP contribution >= 0.6 is 24.0 Å². The average molecular weight is 280 g/mol. The zero-order chi connectivity index (χ0) is 12.5. The second-order valence-electron chi connectivity index (χ2n) is 5.01. The molecular weight excluding hydrogens is 261 g/mol. The maximum absolute atomic E-state index is 10.0. The molecule has 1 rings (SSSR count). The summed E-state index contributed by atoms with van der Waals surface area (Å²) in [6, 6.07) is 4.29. The monoisotopic (exact) mass is 279 g/mol. The number of nitrogens with two attached hydrogens (primary N) is 1. The van der Waals surface area contributed by atoms with Gasteiger partial charge in [-0.15, -0.1) is 12.4 Å². The van der Waals surface area contributed by atoms with E-state index in [0.717, 1.165) is 0 Å². The number of phenolic OH excluding ortho intramolecular Hbond substituents is 1. The van der Waals surface area contributed by atoms with E-state index < -0.39 is 12.1 Å². The minimum absolute atomic E-state index is 0. The lowest BCUT2D eigenvalue weighted by atomic mass is 9.82. The molecule has 2 atom stereocenters. The molecule has 0 heterocycles. The highest BCUT2D eigenvalue weighted by Crippen LogP contribution is 2.35. The van der Waals surface area contributed by atoms with E-state index in [2.05, 4.69) is 0 Å². The van der Waals surface area contributed by atoms with E-state index in [0.29, 0.717) is 5.56 Å². The first kappa shape index (κ1) is 16.5. The van der Waals surface area contributed by atoms with Gasteiger partial charge in [0.1, 0.15) is 5.75 Å². The Morgan fingerprint density at radius 1 is 1.29 bits per heavy atom. The Kier molecular flexibility index (Phi) is 5.75. The summed E-state index contributed by atoms with van der Waals surface area (Å²) in [6.07, 6.45) is -0.753. The minimum Gasteiger partial charge on any atom is -0.506 e. The smallest absolute Gasteiger partial charge is 0.139 e. The van der Waals surface area contributed by atoms with Gasteiger partial charge in [-0.25, -0.2) is 0 Å². The van der Waals surface area contributed by atoms with Crippen molar-refractivity contribution in [3.05, 3.63) is 28.8 Å². The molecule has 0 saturated carbocycles. The molecule has 0 aromatic heterocycles. The van der Waals surface area contributed by atoms with Gasteiger partial charge in [0, 0.05) is 5.56 Å². The molecule has 3 nitrogen and oxygen atoms in total. The molecule has 0 bridgehead atoms. The van der Waals surface area contributed by atoms with Crippen molar-refractivity contribution in [3.8, 4) is 5.75 Å². The van der Waals surface area contributed by atoms with Gasteiger partial charge >= 0.3 is 0 Å². The lowest BCUT2D eigenvalue weighted by Crippen LogP contribution is -2.37. The lowest BCUT2D eigenvalue weighted by Gasteiger charge is -2.31. The molecule has 1 aromatic rings. The third-order valence-corrected chi connectivity index (χ3v) is 2.91. The Morgan fingerprint density at radius 2 is 1.82 bits per heavy atom. The quantitative estimate of drug-likeness (QED) is 0.780. The topological polar surface area (TPSA) is 66.5 Å². The van der Waals surface area contributed by atoms with E-state index >= 15 is 0 Å². The zero-order valence-corrected chi connectivity index (χ0v) is 11.7. The fourth-order valence-electron chi connectivity index (χ4n) is 1.51. The van der Waals surface area contributed by atoms with Gasteiger partial charge in [-0.05, 0) is 11.5 Å². The number of hydrogen-bond acceptors (Lipinski definition) is 3. The third-order valence-electron chi connectivity index (χ3n) is 2.60. The van der Waals surface area contributed by atoms with Crippen molar-refractivity contribution in [2.45, 2.75) is 32.9 Å². The maximum atomic E-state index is 10.0. The first-order valence-electron chi connectivity index (χ1n) is 5.16. The molecule has 1 aromatic carbocycles. The number of halogens is 2. The van der Waals surface area contributed by atoms with Gasteiger partial charge in [0.05, 0.1) is 17.2 Å². The van der Waals surface area contributed by atoms with Crippen molar-refractivity contribution in [1.82, 2.24) is 0 Å². The van der Waals surface area contributed by atoms with Crippen LogP contribution in [-0.2, 0) is 0 Å². The van der Waals surface area contributed by atoms with Crippen LogP contribution in [0.5, 0.6) is 5.75 Å². The van der Waals surface area contributed by atoms with E-state index in [1.54, 1.807) is 18.2 Å². The summed E-state index contributed by atoms with van der Waals surface area (Å²) in [6.45, 7) is 5.66. The molecule has 0 unspecified atom stereocenters. The third kappa shape index (κ3) is 3.75. The van der Waals surface area contributed by atoms with Crippen LogP contribution in [0, 0.1) is 5.41 Å². The highest BCUT2D eigenvalue weighted by molar-refractivity contribution is 6.32. The molecule has 0 fully saturated rings. The highest BCUT2D eigenvalue weighted by Gasteiger charge is 2.30. The van der Waals surface area contributed by atoms with Crippen molar-refractivity contribution < 1.29 is 10.2 Å². The van der Waals surface area contributed by atoms with Gasteiger partial charge < -0.3 is 15.9 Å². The zero-order valence-electron chi connectivity index (χ0n) is 10.1. The van der Waals surface area contributed by atoms with E-state index in [4.69, 9.17) is 17.3 Å². The molecule has 5 heteroatoms. The molecule has 0 aliphatic carbocycles. The largest absolute Gasteiger partial charge is 0.506 e. The first-order valence-corrected chi connectivity index (χ1v) is 5.54.